The van der Waals surface area contributed by atoms with Gasteiger partial charge in [-0.2, -0.15) is 0 Å². The summed E-state index contributed by atoms with van der Waals surface area (Å²) in [4.78, 5) is 26.4. The molecule has 0 amide bonds. The summed E-state index contributed by atoms with van der Waals surface area (Å²) in [5, 5.41) is 1.35. The third-order valence-corrected chi connectivity index (χ3v) is 6.64. The second kappa shape index (κ2) is 11.5. The molecular formula is C29H30ClN5O3. The molecular weight excluding hydrogens is 502 g/mol. The lowest BCUT2D eigenvalue weighted by Gasteiger charge is -2.17. The van der Waals surface area contributed by atoms with Gasteiger partial charge in [0.25, 0.3) is 5.56 Å². The third-order valence-electron chi connectivity index (χ3n) is 6.30. The van der Waals surface area contributed by atoms with Crippen molar-refractivity contribution in [2.75, 3.05) is 19.9 Å². The summed E-state index contributed by atoms with van der Waals surface area (Å²) in [6, 6.07) is 12.7. The van der Waals surface area contributed by atoms with Gasteiger partial charge in [0.2, 0.25) is 5.88 Å². The predicted octanol–water partition coefficient (Wildman–Crippen LogP) is 5.36. The SMILES string of the molecule is C/C=C(/C)C(=NC)c1cc(C)nc2c(OCc3c(Cl)cc(OC)nc3Cn3cccc(N)c3=O)cccc12. The van der Waals surface area contributed by atoms with E-state index >= 15 is 0 Å². The van der Waals surface area contributed by atoms with Crippen molar-refractivity contribution in [3.05, 3.63) is 98.2 Å². The molecule has 3 aromatic heterocycles. The monoisotopic (exact) mass is 531 g/mol. The molecule has 8 nitrogen and oxygen atoms in total. The minimum absolute atomic E-state index is 0.106. The van der Waals surface area contributed by atoms with Crippen molar-refractivity contribution >= 4 is 33.9 Å². The van der Waals surface area contributed by atoms with Gasteiger partial charge < -0.3 is 19.8 Å². The number of benzene rings is 1. The number of halogens is 1. The van der Waals surface area contributed by atoms with Gasteiger partial charge in [0.1, 0.15) is 17.9 Å². The Bertz CT molecular complexity index is 1630. The minimum Gasteiger partial charge on any atom is -0.486 e. The molecule has 38 heavy (non-hydrogen) atoms. The van der Waals surface area contributed by atoms with Gasteiger partial charge in [-0.05, 0) is 50.6 Å². The summed E-state index contributed by atoms with van der Waals surface area (Å²) in [6.45, 7) is 6.23. The average Bonchev–Trinajstić information content (AvgIpc) is 2.90. The van der Waals surface area contributed by atoms with Crippen LogP contribution in [0.2, 0.25) is 5.02 Å². The van der Waals surface area contributed by atoms with Crippen molar-refractivity contribution in [2.24, 2.45) is 4.99 Å². The first-order valence-corrected chi connectivity index (χ1v) is 12.5. The van der Waals surface area contributed by atoms with Crippen LogP contribution in [0.15, 0.2) is 70.1 Å². The molecule has 0 spiro atoms. The molecule has 1 aromatic carbocycles. The molecule has 2 N–H and O–H groups in total. The molecule has 0 aliphatic rings. The number of methoxy groups -OCH3 is 1. The van der Waals surface area contributed by atoms with E-state index in [2.05, 4.69) is 9.98 Å². The Morgan fingerprint density at radius 3 is 2.71 bits per heavy atom. The quantitative estimate of drug-likeness (QED) is 0.307. The number of anilines is 1. The lowest BCUT2D eigenvalue weighted by atomic mass is 9.98. The molecule has 0 atom stereocenters. The minimum atomic E-state index is -0.314. The number of hydrogen-bond donors (Lipinski definition) is 1. The van der Waals surface area contributed by atoms with Gasteiger partial charge in [0.05, 0.1) is 35.8 Å². The van der Waals surface area contributed by atoms with Gasteiger partial charge in [-0.3, -0.25) is 9.79 Å². The zero-order valence-electron chi connectivity index (χ0n) is 22.1. The molecule has 0 bridgehead atoms. The highest BCUT2D eigenvalue weighted by Crippen LogP contribution is 2.31. The number of allylic oxidation sites excluding steroid dienone is 2. The van der Waals surface area contributed by atoms with Crippen LogP contribution in [0.3, 0.4) is 0 Å². The van der Waals surface area contributed by atoms with Crippen molar-refractivity contribution < 1.29 is 9.47 Å². The molecule has 0 fully saturated rings. The van der Waals surface area contributed by atoms with Crippen LogP contribution in [0.1, 0.15) is 36.4 Å². The number of para-hydroxylation sites is 1. The molecule has 0 aliphatic heterocycles. The summed E-state index contributed by atoms with van der Waals surface area (Å²) in [6.07, 6.45) is 3.69. The Morgan fingerprint density at radius 1 is 1.21 bits per heavy atom. The van der Waals surface area contributed by atoms with E-state index in [4.69, 9.17) is 31.8 Å². The van der Waals surface area contributed by atoms with E-state index in [-0.39, 0.29) is 24.4 Å². The smallest absolute Gasteiger partial charge is 0.274 e. The maximum atomic E-state index is 12.6. The number of aryl methyl sites for hydroxylation is 1. The topological polar surface area (TPSA) is 105 Å². The van der Waals surface area contributed by atoms with Crippen LogP contribution in [0, 0.1) is 6.92 Å². The molecule has 4 aromatic rings. The van der Waals surface area contributed by atoms with Crippen LogP contribution in [0.4, 0.5) is 5.69 Å². The first-order chi connectivity index (χ1) is 18.3. The van der Waals surface area contributed by atoms with E-state index in [9.17, 15) is 4.79 Å². The molecule has 196 valence electrons. The summed E-state index contributed by atoms with van der Waals surface area (Å²) in [5.74, 6) is 0.934. The Labute approximate surface area is 226 Å². The summed E-state index contributed by atoms with van der Waals surface area (Å²) >= 11 is 6.65. The summed E-state index contributed by atoms with van der Waals surface area (Å²) in [5.41, 5.74) is 11.4. The van der Waals surface area contributed by atoms with E-state index in [1.54, 1.807) is 31.4 Å². The van der Waals surface area contributed by atoms with Crippen LogP contribution in [-0.4, -0.2) is 34.4 Å². The van der Waals surface area contributed by atoms with E-state index < -0.39 is 0 Å². The van der Waals surface area contributed by atoms with Gasteiger partial charge in [0.15, 0.2) is 0 Å². The lowest BCUT2D eigenvalue weighted by molar-refractivity contribution is 0.306. The Balaban J connectivity index is 1.76. The Hall–Kier alpha value is -4.17. The van der Waals surface area contributed by atoms with Gasteiger partial charge in [-0.25, -0.2) is 9.97 Å². The number of fused-ring (bicyclic) bond motifs is 1. The van der Waals surface area contributed by atoms with E-state index in [1.807, 2.05) is 51.1 Å². The number of hydrogen-bond acceptors (Lipinski definition) is 7. The van der Waals surface area contributed by atoms with Crippen molar-refractivity contribution in [1.82, 2.24) is 14.5 Å². The third kappa shape index (κ3) is 5.40. The van der Waals surface area contributed by atoms with E-state index in [0.717, 1.165) is 33.4 Å². The van der Waals surface area contributed by atoms with Gasteiger partial charge >= 0.3 is 0 Å². The maximum Gasteiger partial charge on any atom is 0.274 e. The highest BCUT2D eigenvalue weighted by atomic mass is 35.5. The normalized spacial score (nSPS) is 12.2. The lowest BCUT2D eigenvalue weighted by Crippen LogP contribution is -2.23. The number of nitrogens with zero attached hydrogens (tertiary/aromatic N) is 4. The first kappa shape index (κ1) is 26.9. The molecule has 0 saturated carbocycles. The van der Waals surface area contributed by atoms with Crippen LogP contribution in [0.25, 0.3) is 10.9 Å². The standard InChI is InChI=1S/C29H30ClN5O3/c1-6-17(2)27(32-4)20-13-18(3)33-28-19(20)9-7-11-25(28)38-16-21-22(30)14-26(37-5)34-24(21)15-35-12-8-10-23(31)29(35)36/h6-14H,15-16,31H2,1-5H3/b17-6-,32-27?. The molecule has 0 aliphatic carbocycles. The Morgan fingerprint density at radius 2 is 2.00 bits per heavy atom. The Kier molecular flexibility index (Phi) is 8.12. The summed E-state index contributed by atoms with van der Waals surface area (Å²) < 4.78 is 13.1. The van der Waals surface area contributed by atoms with E-state index in [0.29, 0.717) is 27.9 Å². The number of nitrogen functional groups attached to an aromatic ring is 1. The highest BCUT2D eigenvalue weighted by Gasteiger charge is 2.17. The largest absolute Gasteiger partial charge is 0.486 e. The fourth-order valence-electron chi connectivity index (χ4n) is 4.25. The number of nitrogens with two attached hydrogens (primary N) is 1. The fourth-order valence-corrected chi connectivity index (χ4v) is 4.51. The summed E-state index contributed by atoms with van der Waals surface area (Å²) in [7, 11) is 3.30. The molecule has 9 heteroatoms. The number of ether oxygens (including phenoxy) is 2. The number of aromatic nitrogens is 3. The van der Waals surface area contributed by atoms with Crippen LogP contribution in [0.5, 0.6) is 11.6 Å². The number of rotatable bonds is 8. The van der Waals surface area contributed by atoms with Gasteiger partial charge in [-0.1, -0.05) is 29.8 Å². The van der Waals surface area contributed by atoms with Gasteiger partial charge in [-0.15, -0.1) is 0 Å². The van der Waals surface area contributed by atoms with Gasteiger partial charge in [0, 0.05) is 41.5 Å². The highest BCUT2D eigenvalue weighted by molar-refractivity contribution is 6.31. The van der Waals surface area contributed by atoms with Crippen LogP contribution >= 0.6 is 11.6 Å². The predicted molar refractivity (Wildman–Crippen MR) is 153 cm³/mol. The average molecular weight is 532 g/mol. The molecule has 0 unspecified atom stereocenters. The molecule has 0 saturated heterocycles. The van der Waals surface area contributed by atoms with Crippen molar-refractivity contribution in [1.29, 1.82) is 0 Å². The second-order valence-corrected chi connectivity index (χ2v) is 9.17. The van der Waals surface area contributed by atoms with Crippen molar-refractivity contribution in [2.45, 2.75) is 33.9 Å². The van der Waals surface area contributed by atoms with Crippen LogP contribution < -0.4 is 20.8 Å². The second-order valence-electron chi connectivity index (χ2n) is 8.76. The molecule has 4 rings (SSSR count). The number of aliphatic imine (C=N–C) groups is 1. The first-order valence-electron chi connectivity index (χ1n) is 12.1. The zero-order chi connectivity index (χ0) is 27.4. The van der Waals surface area contributed by atoms with E-state index in [1.165, 1.54) is 11.7 Å². The molecule has 3 heterocycles. The number of pyridine rings is 3. The van der Waals surface area contributed by atoms with Crippen LogP contribution in [-0.2, 0) is 13.2 Å². The maximum absolute atomic E-state index is 12.6. The van der Waals surface area contributed by atoms with Crippen molar-refractivity contribution in [3.63, 3.8) is 0 Å². The fraction of sp³-hybridized carbons (Fsp3) is 0.241. The molecule has 0 radical (unpaired) electrons. The zero-order valence-corrected chi connectivity index (χ0v) is 22.8. The van der Waals surface area contributed by atoms with Crippen molar-refractivity contribution in [3.8, 4) is 11.6 Å².